The van der Waals surface area contributed by atoms with Crippen LogP contribution in [0, 0.1) is 0 Å². The second kappa shape index (κ2) is 8.11. The first kappa shape index (κ1) is 16.8. The number of hydrogen-bond acceptors (Lipinski definition) is 4. The number of methoxy groups -OCH3 is 2. The SMILES string of the molecule is COc1ccc(C(C)NC(=O)NCC(OC)C(=O)O)cc1. The molecule has 21 heavy (non-hydrogen) atoms. The van der Waals surface area contributed by atoms with E-state index in [-0.39, 0.29) is 12.6 Å². The van der Waals surface area contributed by atoms with Crippen LogP contribution in [0.2, 0.25) is 0 Å². The summed E-state index contributed by atoms with van der Waals surface area (Å²) in [4.78, 5) is 22.4. The number of carboxylic acid groups (broad SMARTS) is 1. The van der Waals surface area contributed by atoms with Crippen molar-refractivity contribution in [1.29, 1.82) is 0 Å². The van der Waals surface area contributed by atoms with Crippen LogP contribution >= 0.6 is 0 Å². The lowest BCUT2D eigenvalue weighted by molar-refractivity contribution is -0.147. The molecule has 7 nitrogen and oxygen atoms in total. The molecule has 0 fully saturated rings. The highest BCUT2D eigenvalue weighted by Gasteiger charge is 2.17. The molecule has 0 saturated heterocycles. The summed E-state index contributed by atoms with van der Waals surface area (Å²) in [5.74, 6) is -0.388. The summed E-state index contributed by atoms with van der Waals surface area (Å²) in [7, 11) is 2.86. The number of carbonyl (C=O) groups is 2. The summed E-state index contributed by atoms with van der Waals surface area (Å²) in [5.41, 5.74) is 0.910. The number of ether oxygens (including phenoxy) is 2. The molecule has 0 bridgehead atoms. The van der Waals surface area contributed by atoms with Crippen LogP contribution in [-0.2, 0) is 9.53 Å². The lowest BCUT2D eigenvalue weighted by atomic mass is 10.1. The molecule has 0 heterocycles. The molecule has 3 N–H and O–H groups in total. The van der Waals surface area contributed by atoms with Crippen molar-refractivity contribution in [3.05, 3.63) is 29.8 Å². The van der Waals surface area contributed by atoms with Gasteiger partial charge in [-0.1, -0.05) is 12.1 Å². The molecule has 7 heteroatoms. The Morgan fingerprint density at radius 1 is 1.24 bits per heavy atom. The van der Waals surface area contributed by atoms with Crippen molar-refractivity contribution in [3.63, 3.8) is 0 Å². The van der Waals surface area contributed by atoms with Crippen molar-refractivity contribution in [2.45, 2.75) is 19.1 Å². The Morgan fingerprint density at radius 3 is 2.33 bits per heavy atom. The van der Waals surface area contributed by atoms with Crippen LogP contribution in [-0.4, -0.2) is 44.0 Å². The highest BCUT2D eigenvalue weighted by molar-refractivity contribution is 5.77. The van der Waals surface area contributed by atoms with E-state index in [1.807, 2.05) is 19.1 Å². The van der Waals surface area contributed by atoms with Crippen LogP contribution < -0.4 is 15.4 Å². The van der Waals surface area contributed by atoms with Crippen LogP contribution in [0.25, 0.3) is 0 Å². The Morgan fingerprint density at radius 2 is 1.86 bits per heavy atom. The second-order valence-electron chi connectivity index (χ2n) is 4.41. The number of amides is 2. The molecular weight excluding hydrogens is 276 g/mol. The van der Waals surface area contributed by atoms with Crippen molar-refractivity contribution >= 4 is 12.0 Å². The summed E-state index contributed by atoms with van der Waals surface area (Å²) in [6, 6.07) is 6.62. The number of nitrogens with one attached hydrogen (secondary N) is 2. The highest BCUT2D eigenvalue weighted by Crippen LogP contribution is 2.16. The maximum atomic E-state index is 11.7. The fraction of sp³-hybridized carbons (Fsp3) is 0.429. The Kier molecular flexibility index (Phi) is 6.48. The molecule has 0 aliphatic heterocycles. The van der Waals surface area contributed by atoms with Crippen molar-refractivity contribution in [3.8, 4) is 5.75 Å². The number of urea groups is 1. The van der Waals surface area contributed by atoms with Crippen LogP contribution in [0.1, 0.15) is 18.5 Å². The average molecular weight is 296 g/mol. The predicted octanol–water partition coefficient (Wildman–Crippen LogP) is 1.15. The molecule has 0 aromatic heterocycles. The van der Waals surface area contributed by atoms with Gasteiger partial charge in [-0.05, 0) is 24.6 Å². The summed E-state index contributed by atoms with van der Waals surface area (Å²) >= 11 is 0. The van der Waals surface area contributed by atoms with Gasteiger partial charge in [0.2, 0.25) is 0 Å². The standard InChI is InChI=1S/C14H20N2O5/c1-9(10-4-6-11(20-2)7-5-10)16-14(19)15-8-12(21-3)13(17)18/h4-7,9,12H,8H2,1-3H3,(H,17,18)(H2,15,16,19). The van der Waals surface area contributed by atoms with Gasteiger partial charge in [-0.15, -0.1) is 0 Å². The van der Waals surface area contributed by atoms with E-state index in [0.717, 1.165) is 11.3 Å². The third kappa shape index (κ3) is 5.31. The van der Waals surface area contributed by atoms with Gasteiger partial charge in [0.25, 0.3) is 0 Å². The number of rotatable bonds is 7. The molecule has 116 valence electrons. The molecule has 1 aromatic carbocycles. The van der Waals surface area contributed by atoms with Gasteiger partial charge in [-0.3, -0.25) is 0 Å². The summed E-state index contributed by atoms with van der Waals surface area (Å²) < 4.78 is 9.78. The molecular formula is C14H20N2O5. The van der Waals surface area contributed by atoms with Crippen molar-refractivity contribution in [2.75, 3.05) is 20.8 Å². The number of aliphatic carboxylic acids is 1. The van der Waals surface area contributed by atoms with E-state index in [2.05, 4.69) is 10.6 Å². The first-order valence-electron chi connectivity index (χ1n) is 6.41. The monoisotopic (exact) mass is 296 g/mol. The normalized spacial score (nSPS) is 13.1. The molecule has 0 saturated carbocycles. The van der Waals surface area contributed by atoms with E-state index >= 15 is 0 Å². The smallest absolute Gasteiger partial charge is 0.334 e. The third-order valence-corrected chi connectivity index (χ3v) is 2.97. The maximum Gasteiger partial charge on any atom is 0.334 e. The minimum absolute atomic E-state index is 0.104. The fourth-order valence-electron chi connectivity index (χ4n) is 1.68. The highest BCUT2D eigenvalue weighted by atomic mass is 16.5. The Hall–Kier alpha value is -2.28. The number of carbonyl (C=O) groups excluding carboxylic acids is 1. The lowest BCUT2D eigenvalue weighted by Crippen LogP contribution is -2.43. The first-order valence-corrected chi connectivity index (χ1v) is 6.41. The van der Waals surface area contributed by atoms with E-state index in [1.54, 1.807) is 19.2 Å². The molecule has 0 spiro atoms. The predicted molar refractivity (Wildman–Crippen MR) is 76.4 cm³/mol. The van der Waals surface area contributed by atoms with Gasteiger partial charge in [0, 0.05) is 7.11 Å². The molecule has 0 radical (unpaired) electrons. The van der Waals surface area contributed by atoms with Crippen LogP contribution in [0.3, 0.4) is 0 Å². The van der Waals surface area contributed by atoms with Gasteiger partial charge in [0.05, 0.1) is 19.7 Å². The quantitative estimate of drug-likeness (QED) is 0.701. The topological polar surface area (TPSA) is 96.9 Å². The Labute approximate surface area is 123 Å². The molecule has 0 aliphatic carbocycles. The fourth-order valence-corrected chi connectivity index (χ4v) is 1.68. The van der Waals surface area contributed by atoms with E-state index < -0.39 is 18.1 Å². The largest absolute Gasteiger partial charge is 0.497 e. The van der Waals surface area contributed by atoms with Crippen molar-refractivity contribution in [2.24, 2.45) is 0 Å². The molecule has 2 atom stereocenters. The van der Waals surface area contributed by atoms with Crippen LogP contribution in [0.4, 0.5) is 4.79 Å². The third-order valence-electron chi connectivity index (χ3n) is 2.97. The second-order valence-corrected chi connectivity index (χ2v) is 4.41. The Bertz CT molecular complexity index is 475. The van der Waals surface area contributed by atoms with Gasteiger partial charge in [-0.25, -0.2) is 9.59 Å². The van der Waals surface area contributed by atoms with Gasteiger partial charge >= 0.3 is 12.0 Å². The van der Waals surface area contributed by atoms with Gasteiger partial charge in [0.15, 0.2) is 6.10 Å². The number of hydrogen-bond donors (Lipinski definition) is 3. The van der Waals surface area contributed by atoms with Crippen LogP contribution in [0.5, 0.6) is 5.75 Å². The molecule has 1 aromatic rings. The average Bonchev–Trinajstić information content (AvgIpc) is 2.47. The zero-order valence-corrected chi connectivity index (χ0v) is 12.3. The Balaban J connectivity index is 2.47. The van der Waals surface area contributed by atoms with Crippen molar-refractivity contribution in [1.82, 2.24) is 10.6 Å². The maximum absolute atomic E-state index is 11.7. The molecule has 2 unspecified atom stereocenters. The van der Waals surface area contributed by atoms with Gasteiger partial charge in [-0.2, -0.15) is 0 Å². The first-order chi connectivity index (χ1) is 9.97. The number of carboxylic acids is 1. The summed E-state index contributed by atoms with van der Waals surface area (Å²) in [6.45, 7) is 1.72. The van der Waals surface area contributed by atoms with Crippen LogP contribution in [0.15, 0.2) is 24.3 Å². The van der Waals surface area contributed by atoms with Gasteiger partial charge in [0.1, 0.15) is 5.75 Å². The van der Waals surface area contributed by atoms with E-state index in [1.165, 1.54) is 7.11 Å². The van der Waals surface area contributed by atoms with E-state index in [4.69, 9.17) is 14.6 Å². The molecule has 2 amide bonds. The van der Waals surface area contributed by atoms with Gasteiger partial charge < -0.3 is 25.2 Å². The number of benzene rings is 1. The minimum atomic E-state index is -1.12. The summed E-state index contributed by atoms with van der Waals surface area (Å²) in [6.07, 6.45) is -1.06. The zero-order valence-electron chi connectivity index (χ0n) is 12.3. The van der Waals surface area contributed by atoms with Crippen molar-refractivity contribution < 1.29 is 24.2 Å². The summed E-state index contributed by atoms with van der Waals surface area (Å²) in [5, 5.41) is 14.0. The minimum Gasteiger partial charge on any atom is -0.497 e. The van der Waals surface area contributed by atoms with E-state index in [0.29, 0.717) is 0 Å². The zero-order chi connectivity index (χ0) is 15.8. The van der Waals surface area contributed by atoms with E-state index in [9.17, 15) is 9.59 Å². The lowest BCUT2D eigenvalue weighted by Gasteiger charge is -2.17. The molecule has 1 rings (SSSR count). The molecule has 0 aliphatic rings.